The maximum atomic E-state index is 12.0. The summed E-state index contributed by atoms with van der Waals surface area (Å²) in [5.74, 6) is -0.442. The first-order valence-electron chi connectivity index (χ1n) is 6.59. The highest BCUT2D eigenvalue weighted by molar-refractivity contribution is 6.32. The number of nitrogens with zero attached hydrogens (tertiary/aromatic N) is 1. The Morgan fingerprint density at radius 1 is 1.25 bits per heavy atom. The fraction of sp³-hybridized carbons (Fsp3) is 0.333. The topological polar surface area (TPSA) is 63.4 Å². The maximum absolute atomic E-state index is 12.0. The average Bonchev–Trinajstić information content (AvgIpc) is 2.46. The van der Waals surface area contributed by atoms with Crippen LogP contribution in [0.25, 0.3) is 6.08 Å². The first-order valence-corrected chi connectivity index (χ1v) is 6.96. The van der Waals surface area contributed by atoms with Gasteiger partial charge in [0.2, 0.25) is 11.8 Å². The van der Waals surface area contributed by atoms with Crippen molar-refractivity contribution in [2.24, 2.45) is 11.7 Å². The molecule has 4 nitrogen and oxygen atoms in total. The first-order chi connectivity index (χ1) is 9.58. The van der Waals surface area contributed by atoms with Gasteiger partial charge in [0.05, 0.1) is 0 Å². The Labute approximate surface area is 123 Å². The number of hydrogen-bond acceptors (Lipinski definition) is 2. The molecule has 106 valence electrons. The molecule has 1 saturated heterocycles. The Hall–Kier alpha value is -1.81. The molecule has 1 heterocycles. The molecule has 1 aromatic rings. The van der Waals surface area contributed by atoms with Gasteiger partial charge in [0.15, 0.2) is 0 Å². The Morgan fingerprint density at radius 2 is 1.90 bits per heavy atom. The molecular formula is C15H17ClN2O2. The molecule has 0 aliphatic carbocycles. The maximum Gasteiger partial charge on any atom is 0.246 e. The number of hydrogen-bond donors (Lipinski definition) is 1. The van der Waals surface area contributed by atoms with Gasteiger partial charge in [-0.3, -0.25) is 9.59 Å². The van der Waals surface area contributed by atoms with Crippen molar-refractivity contribution >= 4 is 29.5 Å². The lowest BCUT2D eigenvalue weighted by atomic mass is 9.96. The predicted octanol–water partition coefficient (Wildman–Crippen LogP) is 2.08. The number of benzene rings is 1. The molecule has 0 aromatic heterocycles. The number of likely N-dealkylation sites (tertiary alicyclic amines) is 1. The summed E-state index contributed by atoms with van der Waals surface area (Å²) in [4.78, 5) is 24.8. The lowest BCUT2D eigenvalue weighted by Crippen LogP contribution is -2.41. The Balaban J connectivity index is 1.93. The van der Waals surface area contributed by atoms with Gasteiger partial charge in [-0.05, 0) is 30.5 Å². The SMILES string of the molecule is NC(=O)C1CCN(C(=O)/C=C/c2ccccc2Cl)CC1. The summed E-state index contributed by atoms with van der Waals surface area (Å²) in [7, 11) is 0. The summed E-state index contributed by atoms with van der Waals surface area (Å²) >= 11 is 6.02. The van der Waals surface area contributed by atoms with E-state index in [2.05, 4.69) is 0 Å². The molecule has 0 atom stereocenters. The van der Waals surface area contributed by atoms with Crippen LogP contribution in [0.2, 0.25) is 5.02 Å². The summed E-state index contributed by atoms with van der Waals surface area (Å²) < 4.78 is 0. The van der Waals surface area contributed by atoms with Crippen LogP contribution < -0.4 is 5.73 Å². The Kier molecular flexibility index (Phi) is 4.79. The van der Waals surface area contributed by atoms with Crippen molar-refractivity contribution in [1.29, 1.82) is 0 Å². The minimum absolute atomic E-state index is 0.0622. The average molecular weight is 293 g/mol. The molecule has 1 fully saturated rings. The van der Waals surface area contributed by atoms with E-state index >= 15 is 0 Å². The summed E-state index contributed by atoms with van der Waals surface area (Å²) in [5, 5.41) is 0.615. The second kappa shape index (κ2) is 6.57. The van der Waals surface area contributed by atoms with Crippen molar-refractivity contribution < 1.29 is 9.59 Å². The van der Waals surface area contributed by atoms with Gasteiger partial charge in [0.25, 0.3) is 0 Å². The van der Waals surface area contributed by atoms with Crippen LogP contribution in [0.1, 0.15) is 18.4 Å². The summed E-state index contributed by atoms with van der Waals surface area (Å²) in [5.41, 5.74) is 6.08. The van der Waals surface area contributed by atoms with Crippen molar-refractivity contribution in [3.63, 3.8) is 0 Å². The highest BCUT2D eigenvalue weighted by atomic mass is 35.5. The number of nitrogens with two attached hydrogens (primary N) is 1. The second-order valence-corrected chi connectivity index (χ2v) is 5.26. The first kappa shape index (κ1) is 14.6. The third-order valence-corrected chi connectivity index (χ3v) is 3.86. The lowest BCUT2D eigenvalue weighted by molar-refractivity contribution is -0.130. The zero-order valence-corrected chi connectivity index (χ0v) is 11.8. The third kappa shape index (κ3) is 3.61. The molecule has 0 radical (unpaired) electrons. The number of halogens is 1. The van der Waals surface area contributed by atoms with Gasteiger partial charge in [-0.25, -0.2) is 0 Å². The highest BCUT2D eigenvalue weighted by Crippen LogP contribution is 2.19. The van der Waals surface area contributed by atoms with Gasteiger partial charge in [-0.1, -0.05) is 29.8 Å². The van der Waals surface area contributed by atoms with Crippen LogP contribution in [0.5, 0.6) is 0 Å². The number of amides is 2. The summed E-state index contributed by atoms with van der Waals surface area (Å²) in [6.45, 7) is 1.14. The molecule has 0 bridgehead atoms. The second-order valence-electron chi connectivity index (χ2n) is 4.86. The van der Waals surface area contributed by atoms with Crippen LogP contribution in [0, 0.1) is 5.92 Å². The predicted molar refractivity (Wildman–Crippen MR) is 79.0 cm³/mol. The minimum Gasteiger partial charge on any atom is -0.369 e. The van der Waals surface area contributed by atoms with Crippen LogP contribution in [0.4, 0.5) is 0 Å². The molecule has 2 amide bonds. The van der Waals surface area contributed by atoms with Crippen LogP contribution >= 0.6 is 11.6 Å². The molecule has 0 saturated carbocycles. The van der Waals surface area contributed by atoms with Gasteiger partial charge < -0.3 is 10.6 Å². The molecule has 1 aliphatic heterocycles. The van der Waals surface area contributed by atoms with E-state index in [0.717, 1.165) is 5.56 Å². The number of carbonyl (C=O) groups is 2. The minimum atomic E-state index is -0.274. The molecule has 2 rings (SSSR count). The van der Waals surface area contributed by atoms with Gasteiger partial charge >= 0.3 is 0 Å². The van der Waals surface area contributed by atoms with Crippen molar-refractivity contribution in [1.82, 2.24) is 4.90 Å². The van der Waals surface area contributed by atoms with E-state index in [4.69, 9.17) is 17.3 Å². The fourth-order valence-electron chi connectivity index (χ4n) is 2.26. The Bertz CT molecular complexity index is 534. The largest absolute Gasteiger partial charge is 0.369 e. The quantitative estimate of drug-likeness (QED) is 0.867. The van der Waals surface area contributed by atoms with Crippen LogP contribution in [0.15, 0.2) is 30.3 Å². The molecule has 1 aromatic carbocycles. The van der Waals surface area contributed by atoms with Crippen LogP contribution in [-0.4, -0.2) is 29.8 Å². The van der Waals surface area contributed by atoms with E-state index in [1.807, 2.05) is 18.2 Å². The van der Waals surface area contributed by atoms with Gasteiger partial charge in [-0.15, -0.1) is 0 Å². The van der Waals surface area contributed by atoms with Crippen molar-refractivity contribution in [3.8, 4) is 0 Å². The molecule has 5 heteroatoms. The highest BCUT2D eigenvalue weighted by Gasteiger charge is 2.24. The van der Waals surface area contributed by atoms with E-state index in [1.54, 1.807) is 17.0 Å². The standard InChI is InChI=1S/C15H17ClN2O2/c16-13-4-2-1-3-11(13)5-6-14(19)18-9-7-12(8-10-18)15(17)20/h1-6,12H,7-10H2,(H2,17,20)/b6-5+. The Morgan fingerprint density at radius 3 is 2.50 bits per heavy atom. The summed E-state index contributed by atoms with van der Waals surface area (Å²) in [6.07, 6.45) is 4.51. The van der Waals surface area contributed by atoms with Gasteiger partial charge in [0.1, 0.15) is 0 Å². The number of piperidine rings is 1. The van der Waals surface area contributed by atoms with E-state index in [9.17, 15) is 9.59 Å². The summed E-state index contributed by atoms with van der Waals surface area (Å²) in [6, 6.07) is 7.35. The van der Waals surface area contributed by atoms with Gasteiger partial charge in [0, 0.05) is 30.1 Å². The van der Waals surface area contributed by atoms with Crippen LogP contribution in [-0.2, 0) is 9.59 Å². The van der Waals surface area contributed by atoms with Crippen molar-refractivity contribution in [2.75, 3.05) is 13.1 Å². The van der Waals surface area contributed by atoms with Crippen LogP contribution in [0.3, 0.4) is 0 Å². The number of primary amides is 1. The van der Waals surface area contributed by atoms with Crippen molar-refractivity contribution in [2.45, 2.75) is 12.8 Å². The molecule has 20 heavy (non-hydrogen) atoms. The molecule has 0 spiro atoms. The van der Waals surface area contributed by atoms with E-state index in [1.165, 1.54) is 6.08 Å². The third-order valence-electron chi connectivity index (χ3n) is 3.52. The number of rotatable bonds is 3. The fourth-order valence-corrected chi connectivity index (χ4v) is 2.46. The molecule has 2 N–H and O–H groups in total. The molecule has 1 aliphatic rings. The van der Waals surface area contributed by atoms with E-state index in [-0.39, 0.29) is 17.7 Å². The number of carbonyl (C=O) groups excluding carboxylic acids is 2. The smallest absolute Gasteiger partial charge is 0.246 e. The molecule has 0 unspecified atom stereocenters. The molecular weight excluding hydrogens is 276 g/mol. The van der Waals surface area contributed by atoms with Crippen molar-refractivity contribution in [3.05, 3.63) is 40.9 Å². The van der Waals surface area contributed by atoms with E-state index in [0.29, 0.717) is 31.0 Å². The zero-order valence-electron chi connectivity index (χ0n) is 11.1. The van der Waals surface area contributed by atoms with E-state index < -0.39 is 0 Å². The zero-order chi connectivity index (χ0) is 14.5. The lowest BCUT2D eigenvalue weighted by Gasteiger charge is -2.29. The van der Waals surface area contributed by atoms with Gasteiger partial charge in [-0.2, -0.15) is 0 Å². The normalized spacial score (nSPS) is 16.6. The monoisotopic (exact) mass is 292 g/mol.